The number of nitrogens with zero attached hydrogens (tertiary/aromatic N) is 1. The van der Waals surface area contributed by atoms with Crippen LogP contribution in [0, 0.1) is 11.6 Å². The van der Waals surface area contributed by atoms with E-state index in [-0.39, 0.29) is 24.1 Å². The highest BCUT2D eigenvalue weighted by Gasteiger charge is 2.21. The fourth-order valence-electron chi connectivity index (χ4n) is 3.57. The van der Waals surface area contributed by atoms with E-state index >= 15 is 4.39 Å². The predicted octanol–water partition coefficient (Wildman–Crippen LogP) is 4.52. The zero-order valence-corrected chi connectivity index (χ0v) is 17.3. The number of halogens is 2. The second kappa shape index (κ2) is 11.6. The second-order valence-electron chi connectivity index (χ2n) is 7.44. The fraction of sp³-hybridized carbons (Fsp3) is 0.545. The molecule has 8 heteroatoms. The van der Waals surface area contributed by atoms with Crippen molar-refractivity contribution in [1.82, 2.24) is 4.57 Å². The molecule has 0 aliphatic heterocycles. The van der Waals surface area contributed by atoms with Gasteiger partial charge in [0.25, 0.3) is 0 Å². The van der Waals surface area contributed by atoms with Crippen molar-refractivity contribution >= 4 is 22.6 Å². The maximum absolute atomic E-state index is 15.1. The van der Waals surface area contributed by atoms with Crippen LogP contribution in [0.15, 0.2) is 17.1 Å². The van der Waals surface area contributed by atoms with Crippen LogP contribution in [-0.4, -0.2) is 33.9 Å². The molecule has 166 valence electrons. The Morgan fingerprint density at radius 2 is 1.73 bits per heavy atom. The van der Waals surface area contributed by atoms with E-state index in [9.17, 15) is 19.1 Å². The average Bonchev–Trinajstić information content (AvgIpc) is 2.71. The monoisotopic (exact) mass is 424 g/mol. The molecule has 1 aromatic heterocycles. The highest BCUT2D eigenvalue weighted by molar-refractivity contribution is 5.93. The summed E-state index contributed by atoms with van der Waals surface area (Å²) in [4.78, 5) is 23.9. The van der Waals surface area contributed by atoms with Gasteiger partial charge in [-0.15, -0.1) is 0 Å². The van der Waals surface area contributed by atoms with E-state index in [0.717, 1.165) is 31.5 Å². The summed E-state index contributed by atoms with van der Waals surface area (Å²) in [5.41, 5.74) is -2.01. The molecule has 0 fully saturated rings. The van der Waals surface area contributed by atoms with E-state index < -0.39 is 34.3 Å². The van der Waals surface area contributed by atoms with Crippen molar-refractivity contribution in [3.8, 4) is 0 Å². The van der Waals surface area contributed by atoms with Gasteiger partial charge in [0.1, 0.15) is 17.1 Å². The molecule has 0 aliphatic rings. The molecular weight excluding hydrogens is 394 g/mol. The second-order valence-corrected chi connectivity index (χ2v) is 7.44. The zero-order chi connectivity index (χ0) is 22.1. The lowest BCUT2D eigenvalue weighted by molar-refractivity contribution is 0.0694. The maximum Gasteiger partial charge on any atom is 0.341 e. The molecule has 0 amide bonds. The summed E-state index contributed by atoms with van der Waals surface area (Å²) in [6.45, 7) is 2.10. The lowest BCUT2D eigenvalue weighted by atomic mass is 10.1. The Labute approximate surface area is 174 Å². The van der Waals surface area contributed by atoms with Crippen molar-refractivity contribution in [2.45, 2.75) is 64.8 Å². The van der Waals surface area contributed by atoms with Gasteiger partial charge in [-0.05, 0) is 12.5 Å². The van der Waals surface area contributed by atoms with Crippen LogP contribution in [0.5, 0.6) is 0 Å². The number of aromatic carboxylic acids is 1. The normalized spacial score (nSPS) is 11.2. The Balaban J connectivity index is 2.30. The standard InChI is InChI=1S/C22H30F2N2O4/c1-2-3-4-5-6-7-8-9-11-26-14-16(22(29)30)21(28)15-13-17(23)19(25-10-12-27)18(24)20(15)26/h13-14,25,27H,2-12H2,1H3,(H,29,30). The third-order valence-electron chi connectivity index (χ3n) is 5.15. The van der Waals surface area contributed by atoms with Gasteiger partial charge >= 0.3 is 5.97 Å². The Kier molecular flexibility index (Phi) is 9.23. The first-order chi connectivity index (χ1) is 14.4. The van der Waals surface area contributed by atoms with Gasteiger partial charge in [0.2, 0.25) is 5.43 Å². The third-order valence-corrected chi connectivity index (χ3v) is 5.15. The third kappa shape index (κ3) is 5.78. The fourth-order valence-corrected chi connectivity index (χ4v) is 3.57. The minimum atomic E-state index is -1.44. The van der Waals surface area contributed by atoms with Gasteiger partial charge < -0.3 is 20.1 Å². The smallest absolute Gasteiger partial charge is 0.341 e. The molecule has 30 heavy (non-hydrogen) atoms. The highest BCUT2D eigenvalue weighted by atomic mass is 19.1. The molecule has 0 radical (unpaired) electrons. The number of carbonyl (C=O) groups is 1. The van der Waals surface area contributed by atoms with E-state index in [1.807, 2.05) is 0 Å². The molecule has 6 nitrogen and oxygen atoms in total. The quantitative estimate of drug-likeness (QED) is 0.411. The minimum absolute atomic E-state index is 0.0607. The number of aliphatic hydroxyl groups is 1. The van der Waals surface area contributed by atoms with Crippen molar-refractivity contribution in [3.05, 3.63) is 39.7 Å². The molecule has 2 rings (SSSR count). The predicted molar refractivity (Wildman–Crippen MR) is 113 cm³/mol. The number of fused-ring (bicyclic) bond motifs is 1. The summed E-state index contributed by atoms with van der Waals surface area (Å²) in [5.74, 6) is -3.41. The molecule has 1 aromatic carbocycles. The number of pyridine rings is 1. The van der Waals surface area contributed by atoms with Crippen LogP contribution in [0.2, 0.25) is 0 Å². The van der Waals surface area contributed by atoms with Gasteiger partial charge in [-0.3, -0.25) is 4.79 Å². The Hall–Kier alpha value is -2.48. The SMILES string of the molecule is CCCCCCCCCCn1cc(C(=O)O)c(=O)c2cc(F)c(NCCO)c(F)c21. The molecule has 2 aromatic rings. The summed E-state index contributed by atoms with van der Waals surface area (Å²) in [7, 11) is 0. The Morgan fingerprint density at radius 3 is 2.33 bits per heavy atom. The summed E-state index contributed by atoms with van der Waals surface area (Å²) in [6, 6.07) is 0.858. The van der Waals surface area contributed by atoms with Crippen LogP contribution in [0.25, 0.3) is 10.9 Å². The molecule has 0 aliphatic carbocycles. The van der Waals surface area contributed by atoms with Crippen LogP contribution >= 0.6 is 0 Å². The summed E-state index contributed by atoms with van der Waals surface area (Å²) in [5, 5.41) is 20.4. The molecular formula is C22H30F2N2O4. The van der Waals surface area contributed by atoms with Crippen molar-refractivity contribution in [3.63, 3.8) is 0 Å². The number of aromatic nitrogens is 1. The number of anilines is 1. The van der Waals surface area contributed by atoms with Crippen LogP contribution in [0.1, 0.15) is 68.6 Å². The first kappa shape index (κ1) is 23.8. The van der Waals surface area contributed by atoms with E-state index in [1.165, 1.54) is 30.3 Å². The van der Waals surface area contributed by atoms with E-state index in [1.54, 1.807) is 0 Å². The summed E-state index contributed by atoms with van der Waals surface area (Å²) >= 11 is 0. The highest BCUT2D eigenvalue weighted by Crippen LogP contribution is 2.27. The maximum atomic E-state index is 15.1. The van der Waals surface area contributed by atoms with Gasteiger partial charge in [0, 0.05) is 19.3 Å². The van der Waals surface area contributed by atoms with Crippen molar-refractivity contribution in [2.75, 3.05) is 18.5 Å². The Morgan fingerprint density at radius 1 is 1.10 bits per heavy atom. The number of carboxylic acids is 1. The van der Waals surface area contributed by atoms with Crippen molar-refractivity contribution < 1.29 is 23.8 Å². The molecule has 1 heterocycles. The van der Waals surface area contributed by atoms with Crippen LogP contribution in [0.4, 0.5) is 14.5 Å². The van der Waals surface area contributed by atoms with Crippen LogP contribution in [0.3, 0.4) is 0 Å². The van der Waals surface area contributed by atoms with Gasteiger partial charge in [0.05, 0.1) is 17.5 Å². The number of aryl methyl sites for hydroxylation is 1. The molecule has 0 unspecified atom stereocenters. The molecule has 0 atom stereocenters. The summed E-state index contributed by atoms with van der Waals surface area (Å²) in [6.07, 6.45) is 9.63. The van der Waals surface area contributed by atoms with Crippen molar-refractivity contribution in [2.24, 2.45) is 0 Å². The van der Waals surface area contributed by atoms with Gasteiger partial charge in [-0.25, -0.2) is 13.6 Å². The minimum Gasteiger partial charge on any atom is -0.477 e. The number of carboxylic acid groups (broad SMARTS) is 1. The Bertz CT molecular complexity index is 928. The topological polar surface area (TPSA) is 91.6 Å². The number of nitrogens with one attached hydrogen (secondary N) is 1. The lowest BCUT2D eigenvalue weighted by Crippen LogP contribution is -2.21. The van der Waals surface area contributed by atoms with E-state index in [0.29, 0.717) is 13.0 Å². The average molecular weight is 424 g/mol. The lowest BCUT2D eigenvalue weighted by Gasteiger charge is -2.16. The van der Waals surface area contributed by atoms with Crippen LogP contribution in [-0.2, 0) is 6.54 Å². The number of unbranched alkanes of at least 4 members (excludes halogenated alkanes) is 7. The van der Waals surface area contributed by atoms with Gasteiger partial charge in [-0.1, -0.05) is 51.9 Å². The molecule has 0 spiro atoms. The van der Waals surface area contributed by atoms with Gasteiger partial charge in [-0.2, -0.15) is 0 Å². The van der Waals surface area contributed by atoms with E-state index in [2.05, 4.69) is 12.2 Å². The molecule has 3 N–H and O–H groups in total. The first-order valence-electron chi connectivity index (χ1n) is 10.6. The van der Waals surface area contributed by atoms with Gasteiger partial charge in [0.15, 0.2) is 5.82 Å². The molecule has 0 bridgehead atoms. The van der Waals surface area contributed by atoms with E-state index in [4.69, 9.17) is 5.11 Å². The van der Waals surface area contributed by atoms with Crippen molar-refractivity contribution in [1.29, 1.82) is 0 Å². The molecule has 0 saturated carbocycles. The number of benzene rings is 1. The number of hydrogen-bond donors (Lipinski definition) is 3. The number of hydrogen-bond acceptors (Lipinski definition) is 4. The largest absolute Gasteiger partial charge is 0.477 e. The number of rotatable bonds is 13. The van der Waals surface area contributed by atoms with Crippen LogP contribution < -0.4 is 10.7 Å². The molecule has 0 saturated heterocycles. The zero-order valence-electron chi connectivity index (χ0n) is 17.3. The number of aliphatic hydroxyl groups excluding tert-OH is 1. The summed E-state index contributed by atoms with van der Waals surface area (Å²) < 4.78 is 30.8. The first-order valence-corrected chi connectivity index (χ1v) is 10.6.